The zero-order chi connectivity index (χ0) is 105. The summed E-state index contributed by atoms with van der Waals surface area (Å²) in [6.45, 7) is 32.2. The molecule has 31 nitrogen and oxygen atoms in total. The summed E-state index contributed by atoms with van der Waals surface area (Å²) in [5.41, 5.74) is 31.2. The second kappa shape index (κ2) is 75.6. The van der Waals surface area contributed by atoms with E-state index < -0.39 is 53.8 Å². The van der Waals surface area contributed by atoms with E-state index in [0.717, 1.165) is 81.9 Å². The number of nitrogens with two attached hydrogens (primary N) is 5. The van der Waals surface area contributed by atoms with Gasteiger partial charge in [0.25, 0.3) is 0 Å². The van der Waals surface area contributed by atoms with Crippen LogP contribution in [0.1, 0.15) is 93.4 Å². The summed E-state index contributed by atoms with van der Waals surface area (Å²) in [5.74, 6) is -1.78. The third-order valence-corrected chi connectivity index (χ3v) is 21.3. The normalized spacial score (nSPS) is 13.9. The molecule has 3 aliphatic rings. The number of halogens is 14. The molecule has 786 valence electrons. The van der Waals surface area contributed by atoms with Crippen LogP contribution in [0.15, 0.2) is 141 Å². The minimum absolute atomic E-state index is 0. The van der Waals surface area contributed by atoms with Crippen LogP contribution in [0.4, 0.5) is 78.8 Å². The first kappa shape index (κ1) is 150. The summed E-state index contributed by atoms with van der Waals surface area (Å²) >= 11 is 22.1. The van der Waals surface area contributed by atoms with Crippen LogP contribution < -0.4 is 55.4 Å². The van der Waals surface area contributed by atoms with Gasteiger partial charge in [0, 0.05) is 214 Å². The summed E-state index contributed by atoms with van der Waals surface area (Å²) in [4.78, 5) is 55.7. The van der Waals surface area contributed by atoms with E-state index in [1.807, 2.05) is 207 Å². The first-order chi connectivity index (χ1) is 63.2. The molecule has 3 saturated heterocycles. The van der Waals surface area contributed by atoms with E-state index in [2.05, 4.69) is 217 Å². The van der Waals surface area contributed by atoms with Crippen molar-refractivity contribution in [2.24, 2.45) is 5.73 Å². The number of nitrogen functional groups attached to an aromatic ring is 4. The summed E-state index contributed by atoms with van der Waals surface area (Å²) in [6.07, 6.45) is 4.92. The van der Waals surface area contributed by atoms with Crippen LogP contribution in [-0.4, -0.2) is 258 Å². The number of aldehydes is 1. The average molecular weight is 2990 g/mol. The molecule has 0 unspecified atom stereocenters. The zero-order valence-corrected chi connectivity index (χ0v) is 107. The molecule has 8 aromatic rings. The fourth-order valence-corrected chi connectivity index (χ4v) is 12.4. The van der Waals surface area contributed by atoms with Gasteiger partial charge in [-0.15, -0.1) is -0.0619 Å². The first-order valence-electron chi connectivity index (χ1n) is 41.4. The van der Waals surface area contributed by atoms with E-state index in [1.54, 1.807) is 24.4 Å². The van der Waals surface area contributed by atoms with E-state index >= 15 is 0 Å². The Morgan fingerprint density at radius 1 is 0.461 bits per heavy atom. The maximum absolute atomic E-state index is 13.9. The Labute approximate surface area is 987 Å². The third kappa shape index (κ3) is 57.8. The van der Waals surface area contributed by atoms with Gasteiger partial charge < -0.3 is 183 Å². The van der Waals surface area contributed by atoms with Crippen molar-refractivity contribution >= 4 is 273 Å². The summed E-state index contributed by atoms with van der Waals surface area (Å²) < 4.78 is 107. The van der Waals surface area contributed by atoms with Crippen LogP contribution in [0.25, 0.3) is 22.5 Å². The number of hydrogen-bond acceptors (Lipinski definition) is 29. The van der Waals surface area contributed by atoms with Gasteiger partial charge in [-0.25, -0.2) is 34.4 Å². The average Bonchev–Trinajstić information content (AvgIpc) is 1.60. The Morgan fingerprint density at radius 3 is 1.05 bits per heavy atom. The molecular formula is C89H132B3Br3F5I6N19O12V4-4. The second-order valence-corrected chi connectivity index (χ2v) is 49.3. The van der Waals surface area contributed by atoms with Crippen molar-refractivity contribution in [3.63, 3.8) is 0 Å². The Morgan fingerprint density at radius 2 is 0.745 bits per heavy atom. The van der Waals surface area contributed by atoms with Crippen LogP contribution in [0.3, 0.4) is 0 Å². The fraction of sp³-hybridized carbons (Fsp3) is 0.438. The number of likely N-dealkylation sites (N-methyl/N-ethyl adjacent to an activating group) is 5. The molecule has 0 aliphatic carbocycles. The number of benzene rings is 5. The fourth-order valence-electron chi connectivity index (χ4n) is 11.0. The molecule has 4 radical (unpaired) electrons. The number of carbonyl (C=O) groups is 1. The maximum Gasteiger partial charge on any atom is 0.495 e. The molecule has 5 aromatic carbocycles. The molecule has 52 heteroatoms. The van der Waals surface area contributed by atoms with Crippen LogP contribution in [-0.2, 0) is 102 Å². The number of nitrogens with one attached hydrogen (secondary N) is 4. The molecule has 3 aromatic heterocycles. The van der Waals surface area contributed by atoms with Gasteiger partial charge in [0.1, 0.15) is 46.7 Å². The molecular weight excluding hydrogens is 2860 g/mol. The van der Waals surface area contributed by atoms with E-state index in [0.29, 0.717) is 67.9 Å². The zero-order valence-electron chi connectivity index (χ0n) is 83.7. The summed E-state index contributed by atoms with van der Waals surface area (Å²) in [7, 11) is 19.4. The molecule has 15 N–H and O–H groups in total. The van der Waals surface area contributed by atoms with Gasteiger partial charge in [0.15, 0.2) is 10.3 Å². The van der Waals surface area contributed by atoms with Crippen molar-refractivity contribution in [1.82, 2.24) is 39.5 Å². The number of aliphatic hydroxyl groups excluding tert-OH is 1. The number of aliphatic hydroxyl groups is 1. The van der Waals surface area contributed by atoms with E-state index in [-0.39, 0.29) is 155 Å². The number of anilines is 8. The number of nitrogens with zero attached hydrogens (tertiary/aromatic N) is 10. The largest absolute Gasteiger partial charge is 0.495 e. The van der Waals surface area contributed by atoms with Gasteiger partial charge >= 0.3 is 32.5 Å². The molecule has 0 spiro atoms. The van der Waals surface area contributed by atoms with Gasteiger partial charge in [-0.1, -0.05) is 31.9 Å². The molecule has 6 heterocycles. The first-order valence-corrected chi connectivity index (χ1v) is 51.1. The van der Waals surface area contributed by atoms with E-state index in [9.17, 15) is 47.0 Å². The van der Waals surface area contributed by atoms with Gasteiger partial charge in [-0.2, -0.15) is 0 Å². The van der Waals surface area contributed by atoms with Crippen LogP contribution >= 0.6 is 183 Å². The van der Waals surface area contributed by atoms with E-state index in [4.69, 9.17) is 61.7 Å². The molecule has 0 saturated carbocycles. The van der Waals surface area contributed by atoms with Crippen molar-refractivity contribution < 1.29 is 144 Å². The maximum atomic E-state index is 13.9. The van der Waals surface area contributed by atoms with Crippen LogP contribution in [0.2, 0.25) is 0 Å². The van der Waals surface area contributed by atoms with Crippen molar-refractivity contribution in [3.8, 4) is 22.5 Å². The molecule has 3 fully saturated rings. The number of carbonyl (C=O) groups excluding carboxylic acids is 1. The monoisotopic (exact) mass is 2990 g/mol. The smallest absolute Gasteiger partial charge is 0.405 e. The molecule has 0 bridgehead atoms. The molecule has 0 atom stereocenters. The Kier molecular flexibility index (Phi) is 80.2. The number of rotatable bonds is 25. The van der Waals surface area contributed by atoms with Crippen molar-refractivity contribution in [2.75, 3.05) is 187 Å². The Bertz CT molecular complexity index is 4810. The SMILES string of the molecule is CC1(C)OB(B2OC(C)(C)C(C)(C)O2)OC1(C)C.CN(C)CCN.CN(C)CCNc1cc(F)cc(-c2nccc(N)c2N)c1.CN(C)CCNc1cc(F)cc(-c2nccc(N)c2[N+](=O)[O-])c1.CN(C)CCNc1cc(F)cc(B2OC(C)(C)C(C)(C)O2)c1.CN(C)CCNc1cc(F)cc(Br)c1.CO.I[C-](I)I.I[CH-]I.Nc1ccnc(Br)c1[N+](=O)[O-].O=Cc1cc(F)cc(Br)c1.[CH2-]I.[CH3-].[V].[V].[V].[V]. The summed E-state index contributed by atoms with van der Waals surface area (Å²) in [5, 5.41) is 41.1. The molecule has 0 amide bonds. The predicted octanol–water partition coefficient (Wildman–Crippen LogP) is 20.5. The number of hydrogen-bond donors (Lipinski definition) is 10. The minimum Gasteiger partial charge on any atom is -0.405 e. The topological polar surface area (TPSA) is 412 Å². The Balaban J connectivity index is -0.000000369. The van der Waals surface area contributed by atoms with Gasteiger partial charge in [-0.3, -0.25) is 103 Å². The number of pyridine rings is 3. The predicted molar refractivity (Wildman–Crippen MR) is 617 cm³/mol. The van der Waals surface area contributed by atoms with Crippen LogP contribution in [0, 0.1) is 64.0 Å². The van der Waals surface area contributed by atoms with Crippen molar-refractivity contribution in [3.05, 3.63) is 211 Å². The molecule has 3 aliphatic heterocycles. The van der Waals surface area contributed by atoms with Crippen LogP contribution in [0.5, 0.6) is 0 Å². The minimum atomic E-state index is -0.609. The quantitative estimate of drug-likeness (QED) is 0.00371. The van der Waals surface area contributed by atoms with Gasteiger partial charge in [-0.05, 0) is 284 Å². The number of aromatic nitrogens is 3. The molecule has 11 rings (SSSR count). The number of nitro groups is 2. The van der Waals surface area contributed by atoms with Crippen molar-refractivity contribution in [1.29, 1.82) is 0 Å². The third-order valence-electron chi connectivity index (χ3n) is 19.8. The van der Waals surface area contributed by atoms with Gasteiger partial charge in [0.05, 0.1) is 60.5 Å². The second-order valence-electron chi connectivity index (χ2n) is 33.7. The molecule has 141 heavy (non-hydrogen) atoms. The summed E-state index contributed by atoms with van der Waals surface area (Å²) in [6, 6.07) is 26.8. The Hall–Kier alpha value is -2.10. The van der Waals surface area contributed by atoms with E-state index in [1.165, 1.54) is 85.1 Å². The standard InChI is InChI=1S/C16H26BFN2O2.C15H18FN5O2.C15H20FN5.C12H24B2O4.C10H14BrFN2.C7H4BrFO.C5H4BrN3O2.C4H12N2.CI3.CHI2.CH2I.CH4O.CH3.4V/c1-15(2)16(3,4)22-17(21-15)12-9-13(18)11-14(10-12)19-7-8-20(5)6;1-20(2)6-5-18-12-8-10(7-11(16)9-12)14-15(21(22)23)13(17)3-4-19-14;1-21(2)6-5-19-12-8-10(7-11(16)9-12)15-14(18)13(17)3-4-20-15;1-9(2)10(3,4)16-13(15-9)14-17-11(5,6)12(7,8)18-14;1-14(2)4-3-13-10-6-8(11)5-9(12)7-10;8-6-1-5(4-10)2-7(9)3-6;6-5-4(9(10)11)3(7)1-2-8-5;1-6(2)4-3-5;2-1(3)4;2-1-3;2*1-2;;;;;/h9-11,19H,7-8H2,1-6H3;3-4,7-9,18H,5-6H2,1-2H3,(H2,17,19);3-4,7-9,19H,5-6,18H2,1-2H3,(H2,17,20);1-8H3;5-7,13H,3-4H2,1-2H3;1-4H;1-2H,(H2,7,8);3-5H2,1-2H3;;1H;1H2;2H,1H3;1H3;;;;/q;;;;;;;;3*-1;;-1;;;;. The van der Waals surface area contributed by atoms with Crippen molar-refractivity contribution in [2.45, 2.75) is 117 Å². The van der Waals surface area contributed by atoms with Gasteiger partial charge in [0.2, 0.25) is 0 Å².